The highest BCUT2D eigenvalue weighted by molar-refractivity contribution is 5.94. The molecule has 1 rings (SSSR count). The Labute approximate surface area is 98.4 Å². The van der Waals surface area contributed by atoms with Crippen LogP contribution in [0.2, 0.25) is 0 Å². The van der Waals surface area contributed by atoms with Crippen LogP contribution < -0.4 is 11.1 Å². The first-order valence-corrected chi connectivity index (χ1v) is 5.09. The molecule has 0 heterocycles. The van der Waals surface area contributed by atoms with Crippen LogP contribution in [0.4, 0.5) is 14.5 Å². The minimum absolute atomic E-state index is 0.0760. The monoisotopic (exact) mass is 243 g/mol. The van der Waals surface area contributed by atoms with Gasteiger partial charge in [-0.15, -0.1) is 0 Å². The number of carbonyl (C=O) groups excluding carboxylic acids is 1. The highest BCUT2D eigenvalue weighted by atomic mass is 19.1. The van der Waals surface area contributed by atoms with E-state index in [1.165, 1.54) is 0 Å². The topological polar surface area (TPSA) is 58.4 Å². The van der Waals surface area contributed by atoms with Gasteiger partial charge in [-0.1, -0.05) is 0 Å². The van der Waals surface area contributed by atoms with E-state index in [-0.39, 0.29) is 5.56 Å². The summed E-state index contributed by atoms with van der Waals surface area (Å²) in [6.07, 6.45) is 0. The van der Waals surface area contributed by atoms with Crippen LogP contribution in [0, 0.1) is 11.6 Å². The van der Waals surface area contributed by atoms with Crippen LogP contribution in [-0.4, -0.2) is 38.0 Å². The fraction of sp³-hybridized carbons (Fsp3) is 0.364. The SMILES string of the molecule is CN(C)CCNC(=O)c1cc(F)c(N)c(F)c1. The van der Waals surface area contributed by atoms with Crippen molar-refractivity contribution in [3.05, 3.63) is 29.3 Å². The average Bonchev–Trinajstić information content (AvgIpc) is 2.24. The highest BCUT2D eigenvalue weighted by Gasteiger charge is 2.12. The molecule has 0 aliphatic carbocycles. The minimum Gasteiger partial charge on any atom is -0.394 e. The number of nitrogens with one attached hydrogen (secondary N) is 1. The third-order valence-corrected chi connectivity index (χ3v) is 2.19. The molecule has 0 spiro atoms. The summed E-state index contributed by atoms with van der Waals surface area (Å²) in [5, 5.41) is 2.55. The number of hydrogen-bond donors (Lipinski definition) is 2. The summed E-state index contributed by atoms with van der Waals surface area (Å²) in [5.41, 5.74) is 4.45. The zero-order valence-corrected chi connectivity index (χ0v) is 9.76. The van der Waals surface area contributed by atoms with E-state index in [4.69, 9.17) is 5.73 Å². The van der Waals surface area contributed by atoms with E-state index in [1.807, 2.05) is 19.0 Å². The van der Waals surface area contributed by atoms with Gasteiger partial charge in [0.1, 0.15) is 17.3 Å². The molecule has 94 valence electrons. The van der Waals surface area contributed by atoms with Crippen LogP contribution in [0.15, 0.2) is 12.1 Å². The van der Waals surface area contributed by atoms with Crippen molar-refractivity contribution in [2.24, 2.45) is 0 Å². The van der Waals surface area contributed by atoms with Crippen molar-refractivity contribution in [2.45, 2.75) is 0 Å². The maximum absolute atomic E-state index is 13.1. The molecule has 3 N–H and O–H groups in total. The Morgan fingerprint density at radius 3 is 2.35 bits per heavy atom. The van der Waals surface area contributed by atoms with Crippen LogP contribution in [-0.2, 0) is 0 Å². The highest BCUT2D eigenvalue weighted by Crippen LogP contribution is 2.16. The summed E-state index contributed by atoms with van der Waals surface area (Å²) in [7, 11) is 3.71. The van der Waals surface area contributed by atoms with Crippen LogP contribution in [0.5, 0.6) is 0 Å². The lowest BCUT2D eigenvalue weighted by atomic mass is 10.1. The molecule has 17 heavy (non-hydrogen) atoms. The quantitative estimate of drug-likeness (QED) is 0.770. The Balaban J connectivity index is 2.70. The lowest BCUT2D eigenvalue weighted by molar-refractivity contribution is 0.0950. The number of carbonyl (C=O) groups is 1. The molecule has 0 radical (unpaired) electrons. The molecule has 0 atom stereocenters. The molecule has 0 saturated carbocycles. The Bertz CT molecular complexity index is 398. The molecule has 0 aliphatic heterocycles. The zero-order valence-electron chi connectivity index (χ0n) is 9.76. The minimum atomic E-state index is -0.928. The number of likely N-dealkylation sites (N-methyl/N-ethyl adjacent to an activating group) is 1. The maximum atomic E-state index is 13.1. The summed E-state index contributed by atoms with van der Waals surface area (Å²) < 4.78 is 26.2. The van der Waals surface area contributed by atoms with E-state index in [2.05, 4.69) is 5.32 Å². The number of amides is 1. The Morgan fingerprint density at radius 1 is 1.35 bits per heavy atom. The molecule has 0 saturated heterocycles. The molecule has 0 bridgehead atoms. The van der Waals surface area contributed by atoms with Gasteiger partial charge in [0, 0.05) is 18.7 Å². The summed E-state index contributed by atoms with van der Waals surface area (Å²) >= 11 is 0. The van der Waals surface area contributed by atoms with Crippen molar-refractivity contribution in [1.82, 2.24) is 10.2 Å². The second kappa shape index (κ2) is 5.58. The van der Waals surface area contributed by atoms with Gasteiger partial charge in [0.25, 0.3) is 5.91 Å². The predicted molar refractivity (Wildman–Crippen MR) is 61.7 cm³/mol. The fourth-order valence-corrected chi connectivity index (χ4v) is 1.21. The Morgan fingerprint density at radius 2 is 1.88 bits per heavy atom. The van der Waals surface area contributed by atoms with Gasteiger partial charge < -0.3 is 16.0 Å². The first kappa shape index (κ1) is 13.4. The van der Waals surface area contributed by atoms with Crippen molar-refractivity contribution in [2.75, 3.05) is 32.9 Å². The third kappa shape index (κ3) is 3.67. The molecular weight excluding hydrogens is 228 g/mol. The third-order valence-electron chi connectivity index (χ3n) is 2.19. The Hall–Kier alpha value is -1.69. The lowest BCUT2D eigenvalue weighted by Crippen LogP contribution is -2.31. The van der Waals surface area contributed by atoms with Gasteiger partial charge in [-0.05, 0) is 26.2 Å². The average molecular weight is 243 g/mol. The molecular formula is C11H15F2N3O. The van der Waals surface area contributed by atoms with Crippen molar-refractivity contribution in [3.63, 3.8) is 0 Å². The van der Waals surface area contributed by atoms with Crippen molar-refractivity contribution < 1.29 is 13.6 Å². The van der Waals surface area contributed by atoms with Gasteiger partial charge in [-0.2, -0.15) is 0 Å². The standard InChI is InChI=1S/C11H15F2N3O/c1-16(2)4-3-15-11(17)7-5-8(12)10(14)9(13)6-7/h5-6H,3-4,14H2,1-2H3,(H,15,17). The van der Waals surface area contributed by atoms with E-state index in [0.29, 0.717) is 13.1 Å². The van der Waals surface area contributed by atoms with Gasteiger partial charge >= 0.3 is 0 Å². The van der Waals surface area contributed by atoms with Gasteiger partial charge in [0.15, 0.2) is 0 Å². The van der Waals surface area contributed by atoms with Crippen molar-refractivity contribution in [1.29, 1.82) is 0 Å². The molecule has 0 unspecified atom stereocenters. The normalized spacial score (nSPS) is 10.6. The predicted octanol–water partition coefficient (Wildman–Crippen LogP) is 0.838. The molecule has 0 aromatic heterocycles. The maximum Gasteiger partial charge on any atom is 0.251 e. The van der Waals surface area contributed by atoms with E-state index in [9.17, 15) is 13.6 Å². The second-order valence-electron chi connectivity index (χ2n) is 3.91. The van der Waals surface area contributed by atoms with Gasteiger partial charge in [0.05, 0.1) is 0 Å². The van der Waals surface area contributed by atoms with Crippen LogP contribution in [0.1, 0.15) is 10.4 Å². The summed E-state index contributed by atoms with van der Waals surface area (Å²) in [6, 6.07) is 1.84. The molecule has 1 aromatic rings. The first-order valence-electron chi connectivity index (χ1n) is 5.09. The van der Waals surface area contributed by atoms with E-state index >= 15 is 0 Å². The van der Waals surface area contributed by atoms with Crippen LogP contribution in [0.3, 0.4) is 0 Å². The number of nitrogens with zero attached hydrogens (tertiary/aromatic N) is 1. The summed E-state index contributed by atoms with van der Waals surface area (Å²) in [5.74, 6) is -2.38. The van der Waals surface area contributed by atoms with Crippen LogP contribution >= 0.6 is 0 Å². The van der Waals surface area contributed by atoms with Gasteiger partial charge in [-0.3, -0.25) is 4.79 Å². The number of benzene rings is 1. The fourth-order valence-electron chi connectivity index (χ4n) is 1.21. The molecule has 4 nitrogen and oxygen atoms in total. The number of halogens is 2. The number of anilines is 1. The molecule has 0 aliphatic rings. The number of rotatable bonds is 4. The number of nitrogen functional groups attached to an aromatic ring is 1. The van der Waals surface area contributed by atoms with Gasteiger partial charge in [-0.25, -0.2) is 8.78 Å². The molecule has 6 heteroatoms. The van der Waals surface area contributed by atoms with Crippen molar-refractivity contribution >= 4 is 11.6 Å². The number of hydrogen-bond acceptors (Lipinski definition) is 3. The number of nitrogens with two attached hydrogens (primary N) is 1. The smallest absolute Gasteiger partial charge is 0.251 e. The lowest BCUT2D eigenvalue weighted by Gasteiger charge is -2.10. The summed E-state index contributed by atoms with van der Waals surface area (Å²) in [4.78, 5) is 13.4. The van der Waals surface area contributed by atoms with Gasteiger partial charge in [0.2, 0.25) is 0 Å². The zero-order chi connectivity index (χ0) is 13.0. The second-order valence-corrected chi connectivity index (χ2v) is 3.91. The largest absolute Gasteiger partial charge is 0.394 e. The molecule has 1 aromatic carbocycles. The molecule has 0 fully saturated rings. The van der Waals surface area contributed by atoms with Crippen molar-refractivity contribution in [3.8, 4) is 0 Å². The van der Waals surface area contributed by atoms with Crippen LogP contribution in [0.25, 0.3) is 0 Å². The Kier molecular flexibility index (Phi) is 4.39. The first-order chi connectivity index (χ1) is 7.91. The van der Waals surface area contributed by atoms with E-state index in [1.54, 1.807) is 0 Å². The summed E-state index contributed by atoms with van der Waals surface area (Å²) in [6.45, 7) is 1.05. The molecule has 1 amide bonds. The van der Waals surface area contributed by atoms with E-state index < -0.39 is 23.2 Å². The van der Waals surface area contributed by atoms with E-state index in [0.717, 1.165) is 12.1 Å².